The maximum Gasteiger partial charge on any atom is 0.271 e. The van der Waals surface area contributed by atoms with Gasteiger partial charge >= 0.3 is 0 Å². The van der Waals surface area contributed by atoms with Crippen molar-refractivity contribution in [3.8, 4) is 0 Å². The number of nitrogens with one attached hydrogen (secondary N) is 2. The van der Waals surface area contributed by atoms with Crippen LogP contribution in [0.5, 0.6) is 0 Å². The molecule has 0 radical (unpaired) electrons. The van der Waals surface area contributed by atoms with E-state index in [0.717, 1.165) is 43.4 Å². The number of rotatable bonds is 5. The molecule has 1 fully saturated rings. The number of carbonyl (C=O) groups is 1. The second-order valence-electron chi connectivity index (χ2n) is 5.85. The lowest BCUT2D eigenvalue weighted by molar-refractivity contribution is -0.921. The van der Waals surface area contributed by atoms with E-state index in [1.807, 2.05) is 48.7 Å². The summed E-state index contributed by atoms with van der Waals surface area (Å²) in [5, 5.41) is 6.16. The van der Waals surface area contributed by atoms with E-state index in [1.54, 1.807) is 11.3 Å². The third-order valence-electron chi connectivity index (χ3n) is 4.07. The van der Waals surface area contributed by atoms with E-state index in [4.69, 9.17) is 4.74 Å². The minimum Gasteiger partial charge on any atom is -0.370 e. The highest BCUT2D eigenvalue weighted by molar-refractivity contribution is 7.12. The van der Waals surface area contributed by atoms with Crippen molar-refractivity contribution in [2.75, 3.05) is 26.3 Å². The number of benzene rings is 1. The van der Waals surface area contributed by atoms with Crippen LogP contribution >= 0.6 is 11.3 Å². The van der Waals surface area contributed by atoms with Crippen LogP contribution in [0, 0.1) is 0 Å². The van der Waals surface area contributed by atoms with Crippen molar-refractivity contribution in [3.63, 3.8) is 0 Å². The van der Waals surface area contributed by atoms with Gasteiger partial charge in [0.15, 0.2) is 0 Å². The van der Waals surface area contributed by atoms with Gasteiger partial charge in [-0.3, -0.25) is 4.79 Å². The Morgan fingerprint density at radius 2 is 2.00 bits per heavy atom. The highest BCUT2D eigenvalue weighted by Gasteiger charge is 2.14. The highest BCUT2D eigenvalue weighted by Crippen LogP contribution is 2.09. The Balaban J connectivity index is 1.56. The third kappa shape index (κ3) is 4.50. The van der Waals surface area contributed by atoms with Crippen molar-refractivity contribution in [1.82, 2.24) is 5.43 Å². The van der Waals surface area contributed by atoms with Crippen LogP contribution in [0.25, 0.3) is 0 Å². The fourth-order valence-corrected chi connectivity index (χ4v) is 3.32. The molecule has 2 aromatic rings. The number of nitrogens with zero attached hydrogens (tertiary/aromatic N) is 1. The Bertz CT molecular complexity index is 690. The zero-order chi connectivity index (χ0) is 16.8. The standard InChI is InChI=1S/C18H21N3O2S/c1-14(17-3-2-12-24-17)19-20-18(22)16-6-4-15(5-7-16)13-21-8-10-23-11-9-21/h2-7,12H,8-11,13H2,1H3,(H,20,22)/p+1/b19-14-. The zero-order valence-corrected chi connectivity index (χ0v) is 14.6. The van der Waals surface area contributed by atoms with Crippen molar-refractivity contribution in [2.45, 2.75) is 13.5 Å². The third-order valence-corrected chi connectivity index (χ3v) is 5.05. The van der Waals surface area contributed by atoms with Crippen molar-refractivity contribution >= 4 is 23.0 Å². The molecule has 1 aliphatic rings. The molecule has 3 rings (SSSR count). The van der Waals surface area contributed by atoms with Crippen molar-refractivity contribution in [3.05, 3.63) is 57.8 Å². The molecule has 0 saturated carbocycles. The van der Waals surface area contributed by atoms with Crippen LogP contribution in [-0.4, -0.2) is 37.9 Å². The number of hydrogen-bond donors (Lipinski definition) is 2. The van der Waals surface area contributed by atoms with Gasteiger partial charge in [0.25, 0.3) is 5.91 Å². The van der Waals surface area contributed by atoms with Gasteiger partial charge < -0.3 is 9.64 Å². The van der Waals surface area contributed by atoms with Crippen LogP contribution in [0.15, 0.2) is 46.9 Å². The molecule has 2 N–H and O–H groups in total. The lowest BCUT2D eigenvalue weighted by Gasteiger charge is -2.23. The fraction of sp³-hybridized carbons (Fsp3) is 0.333. The van der Waals surface area contributed by atoms with E-state index >= 15 is 0 Å². The summed E-state index contributed by atoms with van der Waals surface area (Å²) in [4.78, 5) is 14.8. The van der Waals surface area contributed by atoms with E-state index in [1.165, 1.54) is 10.5 Å². The molecule has 126 valence electrons. The van der Waals surface area contributed by atoms with E-state index in [2.05, 4.69) is 10.5 Å². The molecule has 24 heavy (non-hydrogen) atoms. The summed E-state index contributed by atoms with van der Waals surface area (Å²) in [5.74, 6) is -0.184. The Labute approximate surface area is 145 Å². The number of carbonyl (C=O) groups excluding carboxylic acids is 1. The summed E-state index contributed by atoms with van der Waals surface area (Å²) in [7, 11) is 0. The molecule has 5 nitrogen and oxygen atoms in total. The molecule has 1 saturated heterocycles. The van der Waals surface area contributed by atoms with Crippen LogP contribution in [0.4, 0.5) is 0 Å². The Morgan fingerprint density at radius 1 is 1.25 bits per heavy atom. The predicted molar refractivity (Wildman–Crippen MR) is 95.7 cm³/mol. The van der Waals surface area contributed by atoms with Gasteiger partial charge in [-0.2, -0.15) is 5.10 Å². The number of ether oxygens (including phenoxy) is 1. The van der Waals surface area contributed by atoms with Gasteiger partial charge in [-0.25, -0.2) is 5.43 Å². The Kier molecular flexibility index (Phi) is 5.74. The SMILES string of the molecule is C/C(=N/NC(=O)c1ccc(C[NH+]2CCOCC2)cc1)c1cccs1. The average molecular weight is 344 g/mol. The van der Waals surface area contributed by atoms with E-state index in [0.29, 0.717) is 5.56 Å². The topological polar surface area (TPSA) is 55.1 Å². The maximum absolute atomic E-state index is 12.2. The van der Waals surface area contributed by atoms with Gasteiger partial charge in [0.2, 0.25) is 0 Å². The first-order chi connectivity index (χ1) is 11.7. The molecule has 0 bridgehead atoms. The molecule has 1 aromatic heterocycles. The largest absolute Gasteiger partial charge is 0.370 e. The molecule has 0 unspecified atom stereocenters. The summed E-state index contributed by atoms with van der Waals surface area (Å²) in [6.07, 6.45) is 0. The fourth-order valence-electron chi connectivity index (χ4n) is 2.64. The van der Waals surface area contributed by atoms with Gasteiger partial charge in [0, 0.05) is 16.0 Å². The van der Waals surface area contributed by atoms with Crippen LogP contribution in [-0.2, 0) is 11.3 Å². The first-order valence-electron chi connectivity index (χ1n) is 8.11. The number of hydrazone groups is 1. The summed E-state index contributed by atoms with van der Waals surface area (Å²) in [6, 6.07) is 11.7. The van der Waals surface area contributed by atoms with Crippen molar-refractivity contribution < 1.29 is 14.4 Å². The second kappa shape index (κ2) is 8.19. The van der Waals surface area contributed by atoms with Gasteiger partial charge in [-0.15, -0.1) is 11.3 Å². The summed E-state index contributed by atoms with van der Waals surface area (Å²) < 4.78 is 5.38. The molecule has 1 aliphatic heterocycles. The van der Waals surface area contributed by atoms with Gasteiger partial charge in [0.05, 0.1) is 18.9 Å². The molecule has 2 heterocycles. The summed E-state index contributed by atoms with van der Waals surface area (Å²) >= 11 is 1.60. The minimum absolute atomic E-state index is 0.184. The molecule has 1 amide bonds. The van der Waals surface area contributed by atoms with Crippen LogP contribution < -0.4 is 10.3 Å². The van der Waals surface area contributed by atoms with E-state index in [-0.39, 0.29) is 5.91 Å². The van der Waals surface area contributed by atoms with E-state index in [9.17, 15) is 4.79 Å². The smallest absolute Gasteiger partial charge is 0.271 e. The molecular weight excluding hydrogens is 322 g/mol. The first-order valence-corrected chi connectivity index (χ1v) is 8.99. The normalized spacial score (nSPS) is 16.1. The Hall–Kier alpha value is -2.02. The summed E-state index contributed by atoms with van der Waals surface area (Å²) in [6.45, 7) is 6.61. The monoisotopic (exact) mass is 344 g/mol. The predicted octanol–water partition coefficient (Wildman–Crippen LogP) is 1.32. The average Bonchev–Trinajstić information content (AvgIpc) is 3.16. The molecular formula is C18H22N3O2S+. The molecule has 0 spiro atoms. The maximum atomic E-state index is 12.2. The van der Waals surface area contributed by atoms with Gasteiger partial charge in [0.1, 0.15) is 19.6 Å². The number of thiophene rings is 1. The molecule has 1 aromatic carbocycles. The molecule has 6 heteroatoms. The van der Waals surface area contributed by atoms with Crippen molar-refractivity contribution in [2.24, 2.45) is 5.10 Å². The summed E-state index contributed by atoms with van der Waals surface area (Å²) in [5.41, 5.74) is 5.29. The van der Waals surface area contributed by atoms with Crippen molar-refractivity contribution in [1.29, 1.82) is 0 Å². The number of quaternary nitrogens is 1. The number of morpholine rings is 1. The molecule has 0 aliphatic carbocycles. The molecule has 0 atom stereocenters. The quantitative estimate of drug-likeness (QED) is 0.635. The number of amides is 1. The van der Waals surface area contributed by atoms with Gasteiger partial charge in [-0.05, 0) is 30.5 Å². The van der Waals surface area contributed by atoms with Crippen LogP contribution in [0.1, 0.15) is 27.7 Å². The minimum atomic E-state index is -0.184. The second-order valence-corrected chi connectivity index (χ2v) is 6.80. The highest BCUT2D eigenvalue weighted by atomic mass is 32.1. The van der Waals surface area contributed by atoms with Crippen LogP contribution in [0.2, 0.25) is 0 Å². The van der Waals surface area contributed by atoms with Crippen LogP contribution in [0.3, 0.4) is 0 Å². The first kappa shape index (κ1) is 16.8. The lowest BCUT2D eigenvalue weighted by Crippen LogP contribution is -3.12. The zero-order valence-electron chi connectivity index (χ0n) is 13.7. The van der Waals surface area contributed by atoms with E-state index < -0.39 is 0 Å². The lowest BCUT2D eigenvalue weighted by atomic mass is 10.1. The van der Waals surface area contributed by atoms with Gasteiger partial charge in [-0.1, -0.05) is 18.2 Å². The number of hydrogen-bond acceptors (Lipinski definition) is 4. The Morgan fingerprint density at radius 3 is 2.67 bits per heavy atom.